The number of carbonyl (C=O) groups excluding carboxylic acids is 2. The molecule has 0 spiro atoms. The molecule has 1 fully saturated rings. The van der Waals surface area contributed by atoms with Crippen molar-refractivity contribution < 1.29 is 9.59 Å². The van der Waals surface area contributed by atoms with Crippen LogP contribution in [0.1, 0.15) is 13.3 Å². The smallest absolute Gasteiger partial charge is 0.235 e. The first-order valence-corrected chi connectivity index (χ1v) is 7.14. The molecule has 9 heteroatoms. The van der Waals surface area contributed by atoms with Crippen LogP contribution in [0.3, 0.4) is 0 Å². The number of aromatic amines is 1. The van der Waals surface area contributed by atoms with Gasteiger partial charge in [0.25, 0.3) is 0 Å². The second kappa shape index (κ2) is 5.02. The highest BCUT2D eigenvalue weighted by Crippen LogP contribution is 2.29. The average Bonchev–Trinajstić information content (AvgIpc) is 2.95. The molecule has 1 N–H and O–H groups in total. The summed E-state index contributed by atoms with van der Waals surface area (Å²) in [7, 11) is 0. The van der Waals surface area contributed by atoms with Crippen LogP contribution >= 0.6 is 23.4 Å². The fraction of sp³-hybridized carbons (Fsp3) is 0.364. The molecular weight excluding hydrogens is 302 g/mol. The summed E-state index contributed by atoms with van der Waals surface area (Å²) >= 11 is 7.21. The van der Waals surface area contributed by atoms with Crippen LogP contribution in [0, 0.1) is 0 Å². The van der Waals surface area contributed by atoms with Gasteiger partial charge in [-0.05, 0) is 0 Å². The quantitative estimate of drug-likeness (QED) is 0.843. The number of nitrogens with one attached hydrogen (secondary N) is 1. The first kappa shape index (κ1) is 13.3. The second-order valence-corrected chi connectivity index (χ2v) is 6.22. The third kappa shape index (κ3) is 2.36. The number of hydrogen-bond donors (Lipinski definition) is 1. The van der Waals surface area contributed by atoms with E-state index >= 15 is 0 Å². The van der Waals surface area contributed by atoms with Crippen LogP contribution in [0.15, 0.2) is 6.20 Å². The van der Waals surface area contributed by atoms with E-state index < -0.39 is 0 Å². The molecule has 0 radical (unpaired) electrons. The number of carbonyl (C=O) groups is 2. The molecule has 1 amide bonds. The van der Waals surface area contributed by atoms with Gasteiger partial charge in [0, 0.05) is 25.1 Å². The maximum absolute atomic E-state index is 12.0. The number of H-pyrrole nitrogens is 1. The largest absolute Gasteiger partial charge is 0.288 e. The Hall–Kier alpha value is -1.67. The van der Waals surface area contributed by atoms with Crippen molar-refractivity contribution in [2.24, 2.45) is 0 Å². The van der Waals surface area contributed by atoms with Gasteiger partial charge in [0.1, 0.15) is 5.15 Å². The third-order valence-electron chi connectivity index (χ3n) is 2.92. The van der Waals surface area contributed by atoms with Gasteiger partial charge in [-0.3, -0.25) is 19.6 Å². The summed E-state index contributed by atoms with van der Waals surface area (Å²) in [5, 5.41) is 7.32. The Morgan fingerprint density at radius 2 is 2.35 bits per heavy atom. The molecule has 2 aromatic rings. The number of fused-ring (bicyclic) bond motifs is 1. The van der Waals surface area contributed by atoms with Gasteiger partial charge in [-0.25, -0.2) is 0 Å². The topological polar surface area (TPSA) is 91.8 Å². The number of amides is 1. The minimum absolute atomic E-state index is 0.00683. The van der Waals surface area contributed by atoms with Gasteiger partial charge < -0.3 is 0 Å². The number of anilines is 1. The zero-order valence-electron chi connectivity index (χ0n) is 10.5. The van der Waals surface area contributed by atoms with Crippen LogP contribution in [-0.4, -0.2) is 43.0 Å². The van der Waals surface area contributed by atoms with Crippen LogP contribution in [0.4, 0.5) is 5.95 Å². The highest BCUT2D eigenvalue weighted by molar-refractivity contribution is 8.14. The van der Waals surface area contributed by atoms with E-state index in [0.717, 1.165) is 11.8 Å². The Labute approximate surface area is 123 Å². The molecule has 1 aliphatic heterocycles. The molecule has 3 heterocycles. The SMILES string of the molecule is CC(=O)SC1CC(=O)N(c2nc(Cl)c3cn[nH]c3n2)C1. The molecule has 2 aromatic heterocycles. The molecule has 0 aliphatic carbocycles. The minimum atomic E-state index is -0.112. The zero-order valence-corrected chi connectivity index (χ0v) is 12.0. The highest BCUT2D eigenvalue weighted by Gasteiger charge is 2.33. The predicted molar refractivity (Wildman–Crippen MR) is 75.7 cm³/mol. The molecule has 1 atom stereocenters. The van der Waals surface area contributed by atoms with Crippen molar-refractivity contribution in [1.29, 1.82) is 0 Å². The first-order chi connectivity index (χ1) is 9.54. The lowest BCUT2D eigenvalue weighted by Gasteiger charge is -2.14. The lowest BCUT2D eigenvalue weighted by Crippen LogP contribution is -2.27. The summed E-state index contributed by atoms with van der Waals surface area (Å²) in [5.74, 6) is 0.127. The van der Waals surface area contributed by atoms with Crippen LogP contribution < -0.4 is 4.90 Å². The minimum Gasteiger partial charge on any atom is -0.288 e. The summed E-state index contributed by atoms with van der Waals surface area (Å²) in [6, 6.07) is 0. The van der Waals surface area contributed by atoms with Gasteiger partial charge in [-0.15, -0.1) is 0 Å². The molecule has 1 unspecified atom stereocenters. The normalized spacial score (nSPS) is 19.0. The van der Waals surface area contributed by atoms with Gasteiger partial charge in [-0.2, -0.15) is 15.1 Å². The van der Waals surface area contributed by atoms with E-state index in [1.165, 1.54) is 18.0 Å². The Morgan fingerprint density at radius 3 is 3.10 bits per heavy atom. The van der Waals surface area contributed by atoms with Crippen molar-refractivity contribution in [2.75, 3.05) is 11.4 Å². The van der Waals surface area contributed by atoms with Crippen LogP contribution in [-0.2, 0) is 9.59 Å². The Kier molecular flexibility index (Phi) is 3.35. The van der Waals surface area contributed by atoms with Crippen molar-refractivity contribution in [3.05, 3.63) is 11.3 Å². The number of aromatic nitrogens is 4. The molecule has 1 aliphatic rings. The predicted octanol–water partition coefficient (Wildman–Crippen LogP) is 1.39. The molecule has 0 saturated carbocycles. The fourth-order valence-electron chi connectivity index (χ4n) is 2.09. The molecule has 7 nitrogen and oxygen atoms in total. The first-order valence-electron chi connectivity index (χ1n) is 5.89. The molecule has 0 bridgehead atoms. The highest BCUT2D eigenvalue weighted by atomic mass is 35.5. The monoisotopic (exact) mass is 311 g/mol. The van der Waals surface area contributed by atoms with Crippen molar-refractivity contribution in [1.82, 2.24) is 20.2 Å². The standard InChI is InChI=1S/C11H10ClN5O2S/c1-5(18)20-6-2-8(19)17(4-6)11-14-9(12)7-3-13-16-10(7)15-11/h3,6H,2,4H2,1H3,(H,13,14,15,16). The lowest BCUT2D eigenvalue weighted by molar-refractivity contribution is -0.117. The number of halogens is 1. The molecular formula is C11H10ClN5O2S. The van der Waals surface area contributed by atoms with Crippen LogP contribution in [0.5, 0.6) is 0 Å². The van der Waals surface area contributed by atoms with Crippen LogP contribution in [0.25, 0.3) is 11.0 Å². The van der Waals surface area contributed by atoms with E-state index in [1.54, 1.807) is 0 Å². The maximum atomic E-state index is 12.0. The van der Waals surface area contributed by atoms with E-state index in [4.69, 9.17) is 11.6 Å². The van der Waals surface area contributed by atoms with Gasteiger partial charge in [0.2, 0.25) is 11.9 Å². The van der Waals surface area contributed by atoms with Gasteiger partial charge in [-0.1, -0.05) is 23.4 Å². The maximum Gasteiger partial charge on any atom is 0.235 e. The van der Waals surface area contributed by atoms with E-state index in [2.05, 4.69) is 20.2 Å². The molecule has 1 saturated heterocycles. The van der Waals surface area contributed by atoms with Crippen molar-refractivity contribution in [3.63, 3.8) is 0 Å². The van der Waals surface area contributed by atoms with E-state index in [0.29, 0.717) is 24.0 Å². The van der Waals surface area contributed by atoms with E-state index in [-0.39, 0.29) is 27.4 Å². The number of thioether (sulfide) groups is 1. The Bertz CT molecular complexity index is 703. The van der Waals surface area contributed by atoms with Crippen molar-refractivity contribution in [3.8, 4) is 0 Å². The summed E-state index contributed by atoms with van der Waals surface area (Å²) in [5.41, 5.74) is 0.482. The summed E-state index contributed by atoms with van der Waals surface area (Å²) < 4.78 is 0. The number of hydrogen-bond acceptors (Lipinski definition) is 6. The van der Waals surface area contributed by atoms with E-state index in [9.17, 15) is 9.59 Å². The molecule has 104 valence electrons. The fourth-order valence-corrected chi connectivity index (χ4v) is 3.22. The van der Waals surface area contributed by atoms with Gasteiger partial charge >= 0.3 is 0 Å². The Morgan fingerprint density at radius 1 is 1.55 bits per heavy atom. The summed E-state index contributed by atoms with van der Waals surface area (Å²) in [6.07, 6.45) is 1.83. The average molecular weight is 312 g/mol. The summed E-state index contributed by atoms with van der Waals surface area (Å²) in [4.78, 5) is 32.9. The second-order valence-electron chi connectivity index (χ2n) is 4.39. The number of rotatable bonds is 2. The Balaban J connectivity index is 1.91. The molecule has 0 aromatic carbocycles. The summed E-state index contributed by atoms with van der Waals surface area (Å²) in [6.45, 7) is 1.89. The molecule has 20 heavy (non-hydrogen) atoms. The van der Waals surface area contributed by atoms with Crippen molar-refractivity contribution >= 4 is 51.4 Å². The van der Waals surface area contributed by atoms with E-state index in [1.807, 2.05) is 0 Å². The van der Waals surface area contributed by atoms with Gasteiger partial charge in [0.15, 0.2) is 10.8 Å². The molecule has 3 rings (SSSR count). The van der Waals surface area contributed by atoms with Crippen LogP contribution in [0.2, 0.25) is 5.15 Å². The zero-order chi connectivity index (χ0) is 14.3. The van der Waals surface area contributed by atoms with Crippen molar-refractivity contribution in [2.45, 2.75) is 18.6 Å². The third-order valence-corrected chi connectivity index (χ3v) is 4.18. The number of nitrogens with zero attached hydrogens (tertiary/aromatic N) is 4. The lowest BCUT2D eigenvalue weighted by atomic mass is 10.4. The van der Waals surface area contributed by atoms with Gasteiger partial charge in [0.05, 0.1) is 11.6 Å².